The minimum absolute atomic E-state index is 0.0476. The summed E-state index contributed by atoms with van der Waals surface area (Å²) in [6.07, 6.45) is 0.428. The van der Waals surface area contributed by atoms with Gasteiger partial charge in [-0.25, -0.2) is 0 Å². The molecule has 0 bridgehead atoms. The summed E-state index contributed by atoms with van der Waals surface area (Å²) >= 11 is 1.82. The van der Waals surface area contributed by atoms with Crippen molar-refractivity contribution in [3.05, 3.63) is 70.6 Å². The van der Waals surface area contributed by atoms with Gasteiger partial charge in [-0.1, -0.05) is 42.5 Å². The molecule has 1 aliphatic rings. The molecule has 4 rings (SSSR count). The Morgan fingerprint density at radius 1 is 1.10 bits per heavy atom. The maximum atomic E-state index is 10.3. The first kappa shape index (κ1) is 13.0. The van der Waals surface area contributed by atoms with Crippen molar-refractivity contribution in [1.29, 1.82) is 0 Å². The van der Waals surface area contributed by atoms with Crippen LogP contribution in [0.5, 0.6) is 0 Å². The minimum Gasteiger partial charge on any atom is -0.391 e. The number of hydrogen-bond donors (Lipinski definition) is 2. The van der Waals surface area contributed by atoms with Crippen LogP contribution < -0.4 is 5.32 Å². The smallest absolute Gasteiger partial charge is 0.0775 e. The van der Waals surface area contributed by atoms with Crippen LogP contribution in [-0.2, 0) is 13.0 Å². The van der Waals surface area contributed by atoms with E-state index in [2.05, 4.69) is 47.8 Å². The second-order valence-electron chi connectivity index (χ2n) is 5.58. The Hall–Kier alpha value is -1.68. The predicted molar refractivity (Wildman–Crippen MR) is 87.6 cm³/mol. The van der Waals surface area contributed by atoms with Crippen LogP contribution in [0, 0.1) is 0 Å². The van der Waals surface area contributed by atoms with E-state index in [0.29, 0.717) is 0 Å². The van der Waals surface area contributed by atoms with Crippen LogP contribution in [-0.4, -0.2) is 11.2 Å². The molecule has 2 atom stereocenters. The van der Waals surface area contributed by atoms with Crippen LogP contribution in [0.1, 0.15) is 22.0 Å². The average Bonchev–Trinajstić information content (AvgIpc) is 3.04. The summed E-state index contributed by atoms with van der Waals surface area (Å²) in [5.41, 5.74) is 2.50. The second-order valence-corrected chi connectivity index (χ2v) is 6.75. The number of thiophene rings is 1. The first-order valence-electron chi connectivity index (χ1n) is 7.28. The fourth-order valence-corrected chi connectivity index (χ4v) is 4.17. The van der Waals surface area contributed by atoms with Crippen molar-refractivity contribution >= 4 is 21.4 Å². The second kappa shape index (κ2) is 5.26. The number of benzene rings is 2. The molecule has 0 fully saturated rings. The fraction of sp³-hybridized carbons (Fsp3) is 0.222. The molecule has 0 saturated heterocycles. The summed E-state index contributed by atoms with van der Waals surface area (Å²) in [5, 5.41) is 15.1. The quantitative estimate of drug-likeness (QED) is 0.773. The molecule has 0 saturated carbocycles. The molecule has 1 aromatic heterocycles. The van der Waals surface area contributed by atoms with E-state index in [9.17, 15) is 5.11 Å². The number of aliphatic hydroxyl groups excluding tert-OH is 1. The zero-order chi connectivity index (χ0) is 14.2. The third-order valence-electron chi connectivity index (χ3n) is 4.18. The van der Waals surface area contributed by atoms with Gasteiger partial charge in [0.15, 0.2) is 0 Å². The average molecular weight is 295 g/mol. The van der Waals surface area contributed by atoms with E-state index in [1.54, 1.807) is 0 Å². The molecule has 0 radical (unpaired) electrons. The third-order valence-corrected chi connectivity index (χ3v) is 5.29. The van der Waals surface area contributed by atoms with Crippen LogP contribution in [0.15, 0.2) is 54.6 Å². The summed E-state index contributed by atoms with van der Waals surface area (Å²) in [7, 11) is 0. The van der Waals surface area contributed by atoms with E-state index in [1.807, 2.05) is 23.5 Å². The molecule has 0 aliphatic heterocycles. The molecule has 3 aromatic rings. The van der Waals surface area contributed by atoms with E-state index in [1.165, 1.54) is 26.1 Å². The highest BCUT2D eigenvalue weighted by molar-refractivity contribution is 7.19. The van der Waals surface area contributed by atoms with E-state index >= 15 is 0 Å². The van der Waals surface area contributed by atoms with Crippen molar-refractivity contribution in [3.8, 4) is 0 Å². The van der Waals surface area contributed by atoms with Crippen molar-refractivity contribution in [2.24, 2.45) is 0 Å². The van der Waals surface area contributed by atoms with Gasteiger partial charge in [-0.15, -0.1) is 11.3 Å². The molecular weight excluding hydrogens is 278 g/mol. The normalized spacial score (nSPS) is 20.8. The van der Waals surface area contributed by atoms with Crippen molar-refractivity contribution in [1.82, 2.24) is 5.32 Å². The van der Waals surface area contributed by atoms with Gasteiger partial charge in [0.1, 0.15) is 0 Å². The molecule has 2 N–H and O–H groups in total. The van der Waals surface area contributed by atoms with Crippen molar-refractivity contribution in [2.45, 2.75) is 25.1 Å². The van der Waals surface area contributed by atoms with Gasteiger partial charge < -0.3 is 10.4 Å². The van der Waals surface area contributed by atoms with Gasteiger partial charge in [0.25, 0.3) is 0 Å². The van der Waals surface area contributed by atoms with Gasteiger partial charge in [-0.05, 0) is 28.6 Å². The van der Waals surface area contributed by atoms with Crippen LogP contribution in [0.4, 0.5) is 0 Å². The first-order chi connectivity index (χ1) is 10.3. The van der Waals surface area contributed by atoms with Crippen LogP contribution in [0.2, 0.25) is 0 Å². The first-order valence-corrected chi connectivity index (χ1v) is 8.09. The zero-order valence-corrected chi connectivity index (χ0v) is 12.4. The third kappa shape index (κ3) is 2.38. The summed E-state index contributed by atoms with van der Waals surface area (Å²) in [4.78, 5) is 1.31. The summed E-state index contributed by atoms with van der Waals surface area (Å²) < 4.78 is 1.32. The topological polar surface area (TPSA) is 32.3 Å². The molecule has 1 aliphatic carbocycles. The standard InChI is InChI=1S/C18H17NOS/c20-16-10-12-5-1-3-7-15(12)18(16)19-11-14-9-13-6-2-4-8-17(13)21-14/h1-9,16,18-20H,10-11H2. The summed E-state index contributed by atoms with van der Waals surface area (Å²) in [5.74, 6) is 0. The van der Waals surface area contributed by atoms with Crippen LogP contribution in [0.3, 0.4) is 0 Å². The highest BCUT2D eigenvalue weighted by Crippen LogP contribution is 2.32. The number of nitrogens with one attached hydrogen (secondary N) is 1. The van der Waals surface area contributed by atoms with E-state index < -0.39 is 0 Å². The van der Waals surface area contributed by atoms with Crippen LogP contribution in [0.25, 0.3) is 10.1 Å². The summed E-state index contributed by atoms with van der Waals surface area (Å²) in [6, 6.07) is 19.1. The minimum atomic E-state index is -0.322. The van der Waals surface area contributed by atoms with E-state index in [0.717, 1.165) is 13.0 Å². The van der Waals surface area contributed by atoms with Gasteiger partial charge in [0.05, 0.1) is 12.1 Å². The van der Waals surface area contributed by atoms with Crippen molar-refractivity contribution in [2.75, 3.05) is 0 Å². The van der Waals surface area contributed by atoms with Crippen molar-refractivity contribution < 1.29 is 5.11 Å². The van der Waals surface area contributed by atoms with E-state index in [4.69, 9.17) is 0 Å². The Morgan fingerprint density at radius 2 is 1.90 bits per heavy atom. The summed E-state index contributed by atoms with van der Waals surface area (Å²) in [6.45, 7) is 0.801. The molecule has 0 spiro atoms. The van der Waals surface area contributed by atoms with E-state index in [-0.39, 0.29) is 12.1 Å². The molecule has 0 amide bonds. The lowest BCUT2D eigenvalue weighted by Crippen LogP contribution is -2.28. The largest absolute Gasteiger partial charge is 0.391 e. The molecule has 2 aromatic carbocycles. The number of fused-ring (bicyclic) bond motifs is 2. The lowest BCUT2D eigenvalue weighted by atomic mass is 10.1. The maximum absolute atomic E-state index is 10.3. The van der Waals surface area contributed by atoms with Gasteiger partial charge in [-0.3, -0.25) is 0 Å². The Kier molecular flexibility index (Phi) is 3.26. The van der Waals surface area contributed by atoms with Gasteiger partial charge >= 0.3 is 0 Å². The SMILES string of the molecule is OC1Cc2ccccc2C1NCc1cc2ccccc2s1. The zero-order valence-electron chi connectivity index (χ0n) is 11.6. The highest BCUT2D eigenvalue weighted by atomic mass is 32.1. The molecule has 3 heteroatoms. The van der Waals surface area contributed by atoms with Crippen LogP contribution >= 0.6 is 11.3 Å². The molecule has 21 heavy (non-hydrogen) atoms. The Labute approximate surface area is 128 Å². The fourth-order valence-electron chi connectivity index (χ4n) is 3.15. The highest BCUT2D eigenvalue weighted by Gasteiger charge is 2.30. The lowest BCUT2D eigenvalue weighted by molar-refractivity contribution is 0.141. The Morgan fingerprint density at radius 3 is 2.81 bits per heavy atom. The monoisotopic (exact) mass is 295 g/mol. The Balaban J connectivity index is 1.54. The molecule has 106 valence electrons. The van der Waals surface area contributed by atoms with Gasteiger partial charge in [0, 0.05) is 22.5 Å². The molecule has 2 nitrogen and oxygen atoms in total. The van der Waals surface area contributed by atoms with Gasteiger partial charge in [0.2, 0.25) is 0 Å². The maximum Gasteiger partial charge on any atom is 0.0775 e. The predicted octanol–water partition coefficient (Wildman–Crippen LogP) is 3.65. The number of rotatable bonds is 3. The van der Waals surface area contributed by atoms with Gasteiger partial charge in [-0.2, -0.15) is 0 Å². The Bertz CT molecular complexity index is 746. The molecule has 1 heterocycles. The molecular formula is C18H17NOS. The number of hydrogen-bond acceptors (Lipinski definition) is 3. The number of aliphatic hydroxyl groups is 1. The molecule has 2 unspecified atom stereocenters. The lowest BCUT2D eigenvalue weighted by Gasteiger charge is -2.17. The van der Waals surface area contributed by atoms with Crippen molar-refractivity contribution in [3.63, 3.8) is 0 Å².